The molecule has 16 heteroatoms. The van der Waals surface area contributed by atoms with Gasteiger partial charge >= 0.3 is 31.4 Å². The Morgan fingerprint density at radius 3 is 2.64 bits per heavy atom. The lowest BCUT2D eigenvalue weighted by atomic mass is 10.1. The second-order valence-corrected chi connectivity index (χ2v) is 8.30. The Labute approximate surface area is 185 Å². The van der Waals surface area contributed by atoms with Gasteiger partial charge in [0.2, 0.25) is 13.0 Å². The molecule has 2 rings (SSSR count). The van der Waals surface area contributed by atoms with Crippen LogP contribution < -0.4 is 5.69 Å². The Kier molecular flexibility index (Phi) is 9.17. The zero-order chi connectivity index (χ0) is 24.8. The molecule has 0 bridgehead atoms. The van der Waals surface area contributed by atoms with E-state index in [4.69, 9.17) is 4.74 Å². The van der Waals surface area contributed by atoms with Crippen molar-refractivity contribution in [1.29, 1.82) is 0 Å². The van der Waals surface area contributed by atoms with Crippen LogP contribution in [0.15, 0.2) is 17.1 Å². The molecule has 1 aliphatic rings. The fraction of sp³-hybridized carbons (Fsp3) is 0.647. The number of carbonyl (C=O) groups excluding carboxylic acids is 2. The van der Waals surface area contributed by atoms with Gasteiger partial charge in [-0.2, -0.15) is 13.8 Å². The number of carbonyl (C=O) groups is 2. The topological polar surface area (TPSA) is 173 Å². The van der Waals surface area contributed by atoms with E-state index in [-0.39, 0.29) is 12.1 Å². The Balaban J connectivity index is 1.86. The van der Waals surface area contributed by atoms with Crippen molar-refractivity contribution in [2.24, 2.45) is 0 Å². The predicted octanol–water partition coefficient (Wildman–Crippen LogP) is 0.423. The molecular weight excluding hydrogens is 477 g/mol. The standard InChI is InChI=1S/C17H23F2N2O11P/c1-3-4-12(22)28-8-13(23)29-9-31-33(26,27)30-7-11-14(24)17(18,19)15(32-11)21-6-5-10(2)20-16(21)25/h5-6,11,14-15,24H,3-4,7-9H2,1-2H3,(H,26,27)/t11?,14-,15-/m1/s1. The second-order valence-electron chi connectivity index (χ2n) is 6.84. The summed E-state index contributed by atoms with van der Waals surface area (Å²) in [6, 6.07) is 1.28. The van der Waals surface area contributed by atoms with Crippen LogP contribution in [0.25, 0.3) is 0 Å². The van der Waals surface area contributed by atoms with E-state index in [9.17, 15) is 37.7 Å². The summed E-state index contributed by atoms with van der Waals surface area (Å²) in [5, 5.41) is 9.87. The van der Waals surface area contributed by atoms with Crippen molar-refractivity contribution in [2.45, 2.75) is 51.0 Å². The lowest BCUT2D eigenvalue weighted by Crippen LogP contribution is -2.42. The maximum Gasteiger partial charge on any atom is 0.475 e. The average molecular weight is 500 g/mol. The van der Waals surface area contributed by atoms with E-state index in [0.29, 0.717) is 11.0 Å². The van der Waals surface area contributed by atoms with Gasteiger partial charge < -0.3 is 24.2 Å². The smallest absolute Gasteiger partial charge is 0.454 e. The number of rotatable bonds is 11. The number of hydrogen-bond acceptors (Lipinski definition) is 11. The zero-order valence-corrected chi connectivity index (χ0v) is 18.5. The molecule has 2 N–H and O–H groups in total. The Morgan fingerprint density at radius 2 is 2.00 bits per heavy atom. The number of halogens is 2. The molecule has 1 saturated heterocycles. The maximum atomic E-state index is 14.4. The Morgan fingerprint density at radius 1 is 1.30 bits per heavy atom. The van der Waals surface area contributed by atoms with Gasteiger partial charge in [0.05, 0.1) is 6.61 Å². The first-order valence-electron chi connectivity index (χ1n) is 9.57. The van der Waals surface area contributed by atoms with Crippen LogP contribution in [0.4, 0.5) is 8.78 Å². The van der Waals surface area contributed by atoms with Gasteiger partial charge in [-0.15, -0.1) is 0 Å². The van der Waals surface area contributed by atoms with E-state index in [0.717, 1.165) is 6.20 Å². The number of ether oxygens (including phenoxy) is 3. The molecule has 0 radical (unpaired) electrons. The molecule has 2 heterocycles. The molecule has 4 atom stereocenters. The Hall–Kier alpha value is -2.29. The molecule has 0 aromatic carbocycles. The van der Waals surface area contributed by atoms with Gasteiger partial charge in [-0.1, -0.05) is 6.92 Å². The summed E-state index contributed by atoms with van der Waals surface area (Å²) >= 11 is 0. The summed E-state index contributed by atoms with van der Waals surface area (Å²) in [6.07, 6.45) is -4.95. The van der Waals surface area contributed by atoms with Crippen LogP contribution in [0, 0.1) is 6.92 Å². The number of aromatic nitrogens is 2. The molecular formula is C17H23F2N2O11P. The third-order valence-electron chi connectivity index (χ3n) is 4.24. The fourth-order valence-electron chi connectivity index (χ4n) is 2.60. The number of aryl methyl sites for hydroxylation is 1. The van der Waals surface area contributed by atoms with Crippen molar-refractivity contribution in [3.63, 3.8) is 0 Å². The summed E-state index contributed by atoms with van der Waals surface area (Å²) in [6.45, 7) is 0.347. The highest BCUT2D eigenvalue weighted by Crippen LogP contribution is 2.46. The lowest BCUT2D eigenvalue weighted by Gasteiger charge is -2.20. The number of hydrogen-bond donors (Lipinski definition) is 2. The molecule has 0 saturated carbocycles. The van der Waals surface area contributed by atoms with E-state index in [1.54, 1.807) is 6.92 Å². The minimum atomic E-state index is -4.93. The van der Waals surface area contributed by atoms with Crippen molar-refractivity contribution in [3.8, 4) is 0 Å². The first kappa shape index (κ1) is 27.0. The monoisotopic (exact) mass is 500 g/mol. The largest absolute Gasteiger partial charge is 0.475 e. The van der Waals surface area contributed by atoms with Crippen molar-refractivity contribution >= 4 is 19.8 Å². The van der Waals surface area contributed by atoms with Gasteiger partial charge in [0.1, 0.15) is 6.10 Å². The minimum Gasteiger partial charge on any atom is -0.454 e. The number of alkyl halides is 2. The van der Waals surface area contributed by atoms with Crippen molar-refractivity contribution in [3.05, 3.63) is 28.4 Å². The van der Waals surface area contributed by atoms with E-state index in [1.165, 1.54) is 13.0 Å². The van der Waals surface area contributed by atoms with Gasteiger partial charge in [-0.3, -0.25) is 13.9 Å². The Bertz CT molecular complexity index is 957. The molecule has 33 heavy (non-hydrogen) atoms. The van der Waals surface area contributed by atoms with Crippen LogP contribution in [0.3, 0.4) is 0 Å². The van der Waals surface area contributed by atoms with Crippen LogP contribution in [0.2, 0.25) is 0 Å². The van der Waals surface area contributed by atoms with E-state index < -0.39 is 69.8 Å². The van der Waals surface area contributed by atoms with E-state index in [2.05, 4.69) is 23.5 Å². The molecule has 1 aromatic heterocycles. The number of aliphatic hydroxyl groups is 1. The predicted molar refractivity (Wildman–Crippen MR) is 102 cm³/mol. The van der Waals surface area contributed by atoms with Gasteiger partial charge in [0.25, 0.3) is 0 Å². The van der Waals surface area contributed by atoms with Gasteiger partial charge in [-0.05, 0) is 19.4 Å². The molecule has 0 amide bonds. The second kappa shape index (κ2) is 11.2. The SMILES string of the molecule is CCCC(=O)OCC(=O)OCOP(=O)(O)OCC1O[C@@H](n2ccc(C)nc2=O)C(F)(F)[C@@H]1O. The number of phosphoric ester groups is 1. The highest BCUT2D eigenvalue weighted by molar-refractivity contribution is 7.47. The fourth-order valence-corrected chi connectivity index (χ4v) is 3.20. The minimum absolute atomic E-state index is 0.0908. The van der Waals surface area contributed by atoms with Crippen LogP contribution in [0.1, 0.15) is 31.7 Å². The lowest BCUT2D eigenvalue weighted by molar-refractivity contribution is -0.163. The third kappa shape index (κ3) is 7.35. The number of nitrogens with zero attached hydrogens (tertiary/aromatic N) is 2. The normalized spacial score (nSPS) is 23.6. The van der Waals surface area contributed by atoms with Crippen LogP contribution >= 0.6 is 7.82 Å². The summed E-state index contributed by atoms with van der Waals surface area (Å²) in [5.74, 6) is -5.67. The molecule has 2 unspecified atom stereocenters. The van der Waals surface area contributed by atoms with Crippen molar-refractivity contribution in [2.75, 3.05) is 20.0 Å². The summed E-state index contributed by atoms with van der Waals surface area (Å²) in [7, 11) is -4.93. The highest BCUT2D eigenvalue weighted by atomic mass is 31.2. The zero-order valence-electron chi connectivity index (χ0n) is 17.6. The molecule has 13 nitrogen and oxygen atoms in total. The molecule has 0 spiro atoms. The van der Waals surface area contributed by atoms with E-state index in [1.807, 2.05) is 0 Å². The van der Waals surface area contributed by atoms with E-state index >= 15 is 0 Å². The highest BCUT2D eigenvalue weighted by Gasteiger charge is 2.60. The summed E-state index contributed by atoms with van der Waals surface area (Å²) in [4.78, 5) is 47.5. The van der Waals surface area contributed by atoms with Crippen LogP contribution in [-0.2, 0) is 37.4 Å². The number of phosphoric acid groups is 1. The number of esters is 2. The molecule has 1 fully saturated rings. The van der Waals surface area contributed by atoms with Gasteiger partial charge in [0, 0.05) is 18.3 Å². The van der Waals surface area contributed by atoms with Gasteiger partial charge in [-0.25, -0.2) is 18.7 Å². The molecule has 186 valence electrons. The summed E-state index contributed by atoms with van der Waals surface area (Å²) in [5.41, 5.74) is -0.775. The summed E-state index contributed by atoms with van der Waals surface area (Å²) < 4.78 is 64.0. The molecule has 1 aliphatic heterocycles. The van der Waals surface area contributed by atoms with Crippen LogP contribution in [0.5, 0.6) is 0 Å². The third-order valence-corrected chi connectivity index (χ3v) is 5.15. The molecule has 0 aliphatic carbocycles. The van der Waals surface area contributed by atoms with Crippen molar-refractivity contribution in [1.82, 2.24) is 9.55 Å². The van der Waals surface area contributed by atoms with Gasteiger partial charge in [0.15, 0.2) is 12.7 Å². The van der Waals surface area contributed by atoms with Crippen LogP contribution in [-0.4, -0.2) is 69.6 Å². The number of aliphatic hydroxyl groups excluding tert-OH is 1. The average Bonchev–Trinajstić information content (AvgIpc) is 2.94. The maximum absolute atomic E-state index is 14.4. The molecule has 1 aromatic rings. The first-order chi connectivity index (χ1) is 15.4. The first-order valence-corrected chi connectivity index (χ1v) is 11.1. The van der Waals surface area contributed by atoms with Crippen molar-refractivity contribution < 1.29 is 56.2 Å². The quantitative estimate of drug-likeness (QED) is 0.244.